The lowest BCUT2D eigenvalue weighted by atomic mass is 10.1. The van der Waals surface area contributed by atoms with Crippen molar-refractivity contribution < 1.29 is 14.3 Å². The van der Waals surface area contributed by atoms with Crippen LogP contribution in [0, 0.1) is 12.8 Å². The molecule has 6 heteroatoms. The molecular weight excluding hydrogens is 408 g/mol. The first-order valence-corrected chi connectivity index (χ1v) is 9.77. The fourth-order valence-corrected chi connectivity index (χ4v) is 3.59. The fraction of sp³-hybridized carbons (Fsp3) is 0.333. The van der Waals surface area contributed by atoms with Crippen LogP contribution in [0.4, 0.5) is 11.4 Å². The van der Waals surface area contributed by atoms with Gasteiger partial charge in [-0.25, -0.2) is 0 Å². The number of anilines is 2. The fourth-order valence-electron chi connectivity index (χ4n) is 3.11. The molecule has 0 aromatic heterocycles. The van der Waals surface area contributed by atoms with Crippen LogP contribution in [0.2, 0.25) is 0 Å². The lowest BCUT2D eigenvalue weighted by molar-refractivity contribution is -0.122. The van der Waals surface area contributed by atoms with Crippen molar-refractivity contribution in [3.8, 4) is 5.75 Å². The van der Waals surface area contributed by atoms with E-state index in [-0.39, 0.29) is 30.3 Å². The highest BCUT2D eigenvalue weighted by molar-refractivity contribution is 9.10. The van der Waals surface area contributed by atoms with Crippen molar-refractivity contribution in [2.24, 2.45) is 5.92 Å². The van der Waals surface area contributed by atoms with E-state index < -0.39 is 0 Å². The van der Waals surface area contributed by atoms with Gasteiger partial charge < -0.3 is 15.0 Å². The van der Waals surface area contributed by atoms with Gasteiger partial charge in [0.05, 0.1) is 12.0 Å². The molecule has 0 unspecified atom stereocenters. The Balaban J connectivity index is 1.66. The number of aryl methyl sites for hydroxylation is 1. The summed E-state index contributed by atoms with van der Waals surface area (Å²) in [5, 5.41) is 2.94. The minimum absolute atomic E-state index is 0.0415. The molecule has 1 saturated heterocycles. The first kappa shape index (κ1) is 19.4. The van der Waals surface area contributed by atoms with Crippen LogP contribution in [0.3, 0.4) is 0 Å². The van der Waals surface area contributed by atoms with Gasteiger partial charge in [0.25, 0.3) is 0 Å². The molecule has 0 radical (unpaired) electrons. The number of carbonyl (C=O) groups is 2. The van der Waals surface area contributed by atoms with Crippen LogP contribution < -0.4 is 15.0 Å². The summed E-state index contributed by atoms with van der Waals surface area (Å²) in [6.07, 6.45) is 0.311. The van der Waals surface area contributed by atoms with Crippen LogP contribution in [0.15, 0.2) is 46.9 Å². The van der Waals surface area contributed by atoms with E-state index in [0.717, 1.165) is 27.2 Å². The van der Waals surface area contributed by atoms with Crippen molar-refractivity contribution in [2.45, 2.75) is 33.3 Å². The van der Waals surface area contributed by atoms with Gasteiger partial charge in [-0.1, -0.05) is 15.9 Å². The van der Waals surface area contributed by atoms with E-state index in [9.17, 15) is 9.59 Å². The Kier molecular flexibility index (Phi) is 5.85. The Hall–Kier alpha value is -2.34. The number of halogens is 1. The Morgan fingerprint density at radius 2 is 1.93 bits per heavy atom. The van der Waals surface area contributed by atoms with Crippen molar-refractivity contribution in [2.75, 3.05) is 16.8 Å². The second-order valence-electron chi connectivity index (χ2n) is 7.01. The molecule has 0 saturated carbocycles. The molecular formula is C21H23BrN2O3. The Bertz CT molecular complexity index is 849. The van der Waals surface area contributed by atoms with E-state index in [1.54, 1.807) is 4.90 Å². The minimum Gasteiger partial charge on any atom is -0.491 e. The second-order valence-corrected chi connectivity index (χ2v) is 7.93. The maximum Gasteiger partial charge on any atom is 0.229 e. The number of hydrogen-bond acceptors (Lipinski definition) is 3. The van der Waals surface area contributed by atoms with Crippen molar-refractivity contribution in [3.05, 3.63) is 52.5 Å². The number of amides is 2. The Morgan fingerprint density at radius 1 is 1.22 bits per heavy atom. The normalized spacial score (nSPS) is 16.7. The molecule has 2 aromatic rings. The summed E-state index contributed by atoms with van der Waals surface area (Å²) in [5.41, 5.74) is 2.52. The highest BCUT2D eigenvalue weighted by Gasteiger charge is 2.35. The lowest BCUT2D eigenvalue weighted by Crippen LogP contribution is -2.28. The van der Waals surface area contributed by atoms with Crippen molar-refractivity contribution >= 4 is 39.1 Å². The van der Waals surface area contributed by atoms with E-state index in [4.69, 9.17) is 4.74 Å². The van der Waals surface area contributed by atoms with Crippen LogP contribution in [0.5, 0.6) is 5.75 Å². The highest BCUT2D eigenvalue weighted by Crippen LogP contribution is 2.28. The molecule has 1 fully saturated rings. The van der Waals surface area contributed by atoms with Crippen LogP contribution in [-0.2, 0) is 9.59 Å². The molecule has 5 nitrogen and oxygen atoms in total. The maximum atomic E-state index is 12.6. The summed E-state index contributed by atoms with van der Waals surface area (Å²) in [6.45, 7) is 6.25. The molecule has 0 bridgehead atoms. The Labute approximate surface area is 167 Å². The second kappa shape index (κ2) is 8.13. The van der Waals surface area contributed by atoms with E-state index in [2.05, 4.69) is 21.2 Å². The monoisotopic (exact) mass is 430 g/mol. The SMILES string of the molecule is Cc1cc(Br)ccc1NC(=O)[C@H]1CC(=O)N(c2ccc(OC(C)C)cc2)C1. The van der Waals surface area contributed by atoms with Crippen LogP contribution >= 0.6 is 15.9 Å². The van der Waals surface area contributed by atoms with Gasteiger partial charge in [-0.2, -0.15) is 0 Å². The van der Waals surface area contributed by atoms with Gasteiger partial charge in [-0.3, -0.25) is 9.59 Å². The van der Waals surface area contributed by atoms with Crippen LogP contribution in [0.25, 0.3) is 0 Å². The zero-order chi connectivity index (χ0) is 19.6. The molecule has 2 amide bonds. The topological polar surface area (TPSA) is 58.6 Å². The van der Waals surface area contributed by atoms with Crippen molar-refractivity contribution in [1.29, 1.82) is 0 Å². The van der Waals surface area contributed by atoms with E-state index >= 15 is 0 Å². The molecule has 27 heavy (non-hydrogen) atoms. The molecule has 1 aliphatic rings. The van der Waals surface area contributed by atoms with Crippen molar-refractivity contribution in [3.63, 3.8) is 0 Å². The van der Waals surface area contributed by atoms with Gasteiger partial charge >= 0.3 is 0 Å². The zero-order valence-corrected chi connectivity index (χ0v) is 17.2. The molecule has 1 aliphatic heterocycles. The first-order chi connectivity index (χ1) is 12.8. The van der Waals surface area contributed by atoms with Crippen LogP contribution in [0.1, 0.15) is 25.8 Å². The number of benzene rings is 2. The number of nitrogens with one attached hydrogen (secondary N) is 1. The molecule has 0 aliphatic carbocycles. The molecule has 1 atom stereocenters. The third-order valence-electron chi connectivity index (χ3n) is 4.46. The van der Waals surface area contributed by atoms with Gasteiger partial charge in [0.15, 0.2) is 0 Å². The van der Waals surface area contributed by atoms with Crippen molar-refractivity contribution in [1.82, 2.24) is 0 Å². The van der Waals surface area contributed by atoms with Gasteiger partial charge in [0.1, 0.15) is 5.75 Å². The molecule has 2 aromatic carbocycles. The average Bonchev–Trinajstić information content (AvgIpc) is 2.99. The third-order valence-corrected chi connectivity index (χ3v) is 4.96. The summed E-state index contributed by atoms with van der Waals surface area (Å²) < 4.78 is 6.60. The van der Waals surface area contributed by atoms with Gasteiger partial charge in [0, 0.05) is 28.8 Å². The van der Waals surface area contributed by atoms with E-state index in [1.165, 1.54) is 0 Å². The summed E-state index contributed by atoms with van der Waals surface area (Å²) in [7, 11) is 0. The van der Waals surface area contributed by atoms with Crippen LogP contribution in [-0.4, -0.2) is 24.5 Å². The molecule has 0 spiro atoms. The largest absolute Gasteiger partial charge is 0.491 e. The average molecular weight is 431 g/mol. The number of rotatable bonds is 5. The Morgan fingerprint density at radius 3 is 2.56 bits per heavy atom. The third kappa shape index (κ3) is 4.69. The van der Waals surface area contributed by atoms with E-state index in [0.29, 0.717) is 6.54 Å². The van der Waals surface area contributed by atoms with Gasteiger partial charge in [0.2, 0.25) is 11.8 Å². The highest BCUT2D eigenvalue weighted by atomic mass is 79.9. The zero-order valence-electron chi connectivity index (χ0n) is 15.7. The van der Waals surface area contributed by atoms with E-state index in [1.807, 2.05) is 63.2 Å². The summed E-state index contributed by atoms with van der Waals surface area (Å²) in [6, 6.07) is 13.1. The number of hydrogen-bond donors (Lipinski definition) is 1. The molecule has 1 N–H and O–H groups in total. The standard InChI is InChI=1S/C21H23BrN2O3/c1-13(2)27-18-7-5-17(6-8-18)24-12-15(11-20(24)25)21(26)23-19-9-4-16(22)10-14(19)3/h4-10,13,15H,11-12H2,1-3H3,(H,23,26)/t15-/m0/s1. The first-order valence-electron chi connectivity index (χ1n) is 8.97. The number of carbonyl (C=O) groups excluding carboxylic acids is 2. The molecule has 1 heterocycles. The summed E-state index contributed by atoms with van der Waals surface area (Å²) in [5.74, 6) is 0.226. The maximum absolute atomic E-state index is 12.6. The molecule has 142 valence electrons. The number of nitrogens with zero attached hydrogens (tertiary/aromatic N) is 1. The summed E-state index contributed by atoms with van der Waals surface area (Å²) in [4.78, 5) is 26.7. The quantitative estimate of drug-likeness (QED) is 0.757. The van der Waals surface area contributed by atoms with Gasteiger partial charge in [-0.15, -0.1) is 0 Å². The predicted octanol–water partition coefficient (Wildman–Crippen LogP) is 4.54. The molecule has 3 rings (SSSR count). The summed E-state index contributed by atoms with van der Waals surface area (Å²) >= 11 is 3.42. The lowest BCUT2D eigenvalue weighted by Gasteiger charge is -2.18. The predicted molar refractivity (Wildman–Crippen MR) is 110 cm³/mol. The minimum atomic E-state index is -0.368. The van der Waals surface area contributed by atoms with Gasteiger partial charge in [-0.05, 0) is 68.8 Å². The number of ether oxygens (including phenoxy) is 1. The smallest absolute Gasteiger partial charge is 0.229 e.